The highest BCUT2D eigenvalue weighted by atomic mass is 16.5. The molecule has 9 nitrogen and oxygen atoms in total. The SMILES string of the molecule is CCOc1cc(CN2CCN(c3ccc(C(=O)NCC45CC6CC(CC(C6)C4)C5)nn3)CC2)cc(-c2cncc(O)c2)c1. The number of amides is 1. The molecule has 3 aromatic rings. The molecule has 226 valence electrons. The number of carbonyl (C=O) groups is 1. The number of pyridine rings is 1. The Kier molecular flexibility index (Phi) is 7.67. The summed E-state index contributed by atoms with van der Waals surface area (Å²) in [6.07, 6.45) is 11.3. The first-order chi connectivity index (χ1) is 20.9. The summed E-state index contributed by atoms with van der Waals surface area (Å²) in [6.45, 7) is 7.58. The third-order valence-electron chi connectivity index (χ3n) is 10.1. The molecule has 4 bridgehead atoms. The van der Waals surface area contributed by atoms with Gasteiger partial charge < -0.3 is 20.1 Å². The molecule has 0 atom stereocenters. The Morgan fingerprint density at radius 1 is 0.953 bits per heavy atom. The number of rotatable bonds is 9. The summed E-state index contributed by atoms with van der Waals surface area (Å²) in [5.74, 6) is 4.30. The number of piperazine rings is 1. The Balaban J connectivity index is 0.933. The second kappa shape index (κ2) is 11.8. The van der Waals surface area contributed by atoms with Crippen molar-refractivity contribution in [3.8, 4) is 22.6 Å². The molecule has 1 aromatic carbocycles. The van der Waals surface area contributed by atoms with E-state index in [-0.39, 0.29) is 11.7 Å². The Labute approximate surface area is 253 Å². The van der Waals surface area contributed by atoms with Crippen molar-refractivity contribution >= 4 is 11.7 Å². The molecule has 1 amide bonds. The van der Waals surface area contributed by atoms with Crippen molar-refractivity contribution in [1.82, 2.24) is 25.4 Å². The van der Waals surface area contributed by atoms with Gasteiger partial charge in [-0.25, -0.2) is 0 Å². The maximum absolute atomic E-state index is 13.0. The molecule has 1 saturated heterocycles. The zero-order valence-corrected chi connectivity index (χ0v) is 25.0. The zero-order chi connectivity index (χ0) is 29.4. The van der Waals surface area contributed by atoms with Crippen LogP contribution in [0.1, 0.15) is 61.5 Å². The van der Waals surface area contributed by atoms with Gasteiger partial charge in [-0.05, 0) is 116 Å². The van der Waals surface area contributed by atoms with Gasteiger partial charge in [0.1, 0.15) is 11.5 Å². The molecular formula is C34H42N6O3. The number of ether oxygens (including phenoxy) is 1. The van der Waals surface area contributed by atoms with Gasteiger partial charge in [0.15, 0.2) is 11.5 Å². The number of nitrogens with zero attached hydrogens (tertiary/aromatic N) is 5. The molecule has 4 saturated carbocycles. The molecule has 43 heavy (non-hydrogen) atoms. The van der Waals surface area contributed by atoms with Crippen molar-refractivity contribution in [2.24, 2.45) is 23.2 Å². The predicted molar refractivity (Wildman–Crippen MR) is 165 cm³/mol. The van der Waals surface area contributed by atoms with Gasteiger partial charge in [-0.3, -0.25) is 14.7 Å². The average Bonchev–Trinajstić information content (AvgIpc) is 3.00. The fraction of sp³-hybridized carbons (Fsp3) is 0.529. The molecule has 0 unspecified atom stereocenters. The number of anilines is 1. The summed E-state index contributed by atoms with van der Waals surface area (Å²) >= 11 is 0. The van der Waals surface area contributed by atoms with Gasteiger partial charge in [-0.2, -0.15) is 0 Å². The van der Waals surface area contributed by atoms with E-state index >= 15 is 0 Å². The molecule has 0 radical (unpaired) electrons. The van der Waals surface area contributed by atoms with E-state index in [1.807, 2.05) is 25.1 Å². The van der Waals surface area contributed by atoms with Crippen LogP contribution >= 0.6 is 0 Å². The molecule has 5 fully saturated rings. The fourth-order valence-corrected chi connectivity index (χ4v) is 8.63. The van der Waals surface area contributed by atoms with E-state index in [0.29, 0.717) is 17.7 Å². The van der Waals surface area contributed by atoms with Crippen molar-refractivity contribution in [2.45, 2.75) is 52.0 Å². The van der Waals surface area contributed by atoms with Gasteiger partial charge in [-0.15, -0.1) is 10.2 Å². The van der Waals surface area contributed by atoms with E-state index < -0.39 is 0 Å². The second-order valence-corrected chi connectivity index (χ2v) is 13.4. The lowest BCUT2D eigenvalue weighted by molar-refractivity contribution is -0.0503. The maximum atomic E-state index is 13.0. The molecule has 8 rings (SSSR count). The first kappa shape index (κ1) is 28.1. The van der Waals surface area contributed by atoms with Crippen LogP contribution in [0.5, 0.6) is 11.5 Å². The number of carbonyl (C=O) groups excluding carboxylic acids is 1. The van der Waals surface area contributed by atoms with E-state index in [4.69, 9.17) is 4.74 Å². The highest BCUT2D eigenvalue weighted by molar-refractivity contribution is 5.92. The van der Waals surface area contributed by atoms with Crippen LogP contribution < -0.4 is 15.0 Å². The Hall–Kier alpha value is -3.72. The summed E-state index contributed by atoms with van der Waals surface area (Å²) < 4.78 is 5.85. The van der Waals surface area contributed by atoms with Gasteiger partial charge >= 0.3 is 0 Å². The van der Waals surface area contributed by atoms with Crippen LogP contribution in [0, 0.1) is 23.2 Å². The number of aromatic hydroxyl groups is 1. The lowest BCUT2D eigenvalue weighted by atomic mass is 9.49. The van der Waals surface area contributed by atoms with Gasteiger partial charge in [0.2, 0.25) is 0 Å². The smallest absolute Gasteiger partial charge is 0.271 e. The summed E-state index contributed by atoms with van der Waals surface area (Å²) in [5.41, 5.74) is 3.70. The highest BCUT2D eigenvalue weighted by Gasteiger charge is 2.50. The largest absolute Gasteiger partial charge is 0.506 e. The molecule has 3 heterocycles. The Bertz CT molecular complexity index is 1420. The molecule has 9 heteroatoms. The highest BCUT2D eigenvalue weighted by Crippen LogP contribution is 2.59. The summed E-state index contributed by atoms with van der Waals surface area (Å²) in [5, 5.41) is 21.9. The van der Waals surface area contributed by atoms with Gasteiger partial charge in [0.05, 0.1) is 12.8 Å². The van der Waals surface area contributed by atoms with E-state index in [2.05, 4.69) is 42.4 Å². The van der Waals surface area contributed by atoms with Crippen LogP contribution in [0.25, 0.3) is 11.1 Å². The van der Waals surface area contributed by atoms with Crippen molar-refractivity contribution in [3.63, 3.8) is 0 Å². The van der Waals surface area contributed by atoms with E-state index in [9.17, 15) is 9.90 Å². The van der Waals surface area contributed by atoms with Crippen LogP contribution in [-0.2, 0) is 6.54 Å². The lowest BCUT2D eigenvalue weighted by Gasteiger charge is -2.56. The molecule has 2 N–H and O–H groups in total. The van der Waals surface area contributed by atoms with E-state index in [1.165, 1.54) is 44.7 Å². The Morgan fingerprint density at radius 2 is 1.70 bits per heavy atom. The maximum Gasteiger partial charge on any atom is 0.271 e. The molecule has 4 aliphatic carbocycles. The van der Waals surface area contributed by atoms with Crippen molar-refractivity contribution in [2.75, 3.05) is 44.2 Å². The second-order valence-electron chi connectivity index (χ2n) is 13.4. The van der Waals surface area contributed by atoms with Crippen molar-refractivity contribution in [1.29, 1.82) is 0 Å². The average molecular weight is 583 g/mol. The number of nitrogens with one attached hydrogen (secondary N) is 1. The Morgan fingerprint density at radius 3 is 2.35 bits per heavy atom. The first-order valence-electron chi connectivity index (χ1n) is 15.9. The summed E-state index contributed by atoms with van der Waals surface area (Å²) in [6, 6.07) is 11.7. The molecule has 2 aromatic heterocycles. The van der Waals surface area contributed by atoms with Crippen LogP contribution in [-0.4, -0.2) is 70.4 Å². The number of aromatic nitrogens is 3. The van der Waals surface area contributed by atoms with Crippen LogP contribution in [0.3, 0.4) is 0 Å². The van der Waals surface area contributed by atoms with Crippen LogP contribution in [0.2, 0.25) is 0 Å². The predicted octanol–water partition coefficient (Wildman–Crippen LogP) is 4.91. The molecular weight excluding hydrogens is 540 g/mol. The van der Waals surface area contributed by atoms with Gasteiger partial charge in [0.25, 0.3) is 5.91 Å². The number of hydrogen-bond acceptors (Lipinski definition) is 8. The third-order valence-corrected chi connectivity index (χ3v) is 10.1. The van der Waals surface area contributed by atoms with E-state index in [1.54, 1.807) is 12.3 Å². The summed E-state index contributed by atoms with van der Waals surface area (Å²) in [4.78, 5) is 21.8. The lowest BCUT2D eigenvalue weighted by Crippen LogP contribution is -2.51. The minimum absolute atomic E-state index is 0.102. The first-order valence-corrected chi connectivity index (χ1v) is 15.9. The van der Waals surface area contributed by atoms with Crippen LogP contribution in [0.4, 0.5) is 5.82 Å². The molecule has 5 aliphatic rings. The van der Waals surface area contributed by atoms with Gasteiger partial charge in [0, 0.05) is 51.0 Å². The standard InChI is InChI=1S/C34H42N6O3/c1-2-43-30-13-26(12-27(15-30)28-14-29(41)20-35-19-28)21-39-5-7-40(8-6-39)32-4-3-31(37-38-32)33(42)36-22-34-16-23-9-24(17-34)11-25(10-23)18-34/h3-4,12-15,19-20,23-25,41H,2,5-11,16-18,21-22H2,1H3,(H,36,42). The quantitative estimate of drug-likeness (QED) is 0.367. The monoisotopic (exact) mass is 582 g/mol. The number of hydrogen-bond donors (Lipinski definition) is 2. The minimum atomic E-state index is -0.102. The molecule has 1 aliphatic heterocycles. The fourth-order valence-electron chi connectivity index (χ4n) is 8.63. The number of benzene rings is 1. The zero-order valence-electron chi connectivity index (χ0n) is 25.0. The third kappa shape index (κ3) is 6.18. The minimum Gasteiger partial charge on any atom is -0.506 e. The van der Waals surface area contributed by atoms with Crippen molar-refractivity contribution < 1.29 is 14.6 Å². The van der Waals surface area contributed by atoms with Gasteiger partial charge in [-0.1, -0.05) is 0 Å². The normalized spacial score (nSPS) is 26.4. The molecule has 0 spiro atoms. The van der Waals surface area contributed by atoms with Crippen LogP contribution in [0.15, 0.2) is 48.8 Å². The van der Waals surface area contributed by atoms with Crippen molar-refractivity contribution in [3.05, 3.63) is 60.0 Å². The summed E-state index contributed by atoms with van der Waals surface area (Å²) in [7, 11) is 0. The topological polar surface area (TPSA) is 104 Å². The van der Waals surface area contributed by atoms with E-state index in [0.717, 1.165) is 85.3 Å².